The number of rotatable bonds is 4. The molecular formula is C13H24N2O2S. The van der Waals surface area contributed by atoms with Crippen molar-refractivity contribution in [3.63, 3.8) is 0 Å². The largest absolute Gasteiger partial charge is 0.376 e. The lowest BCUT2D eigenvalue weighted by molar-refractivity contribution is 0.0795. The maximum absolute atomic E-state index is 12.0. The Morgan fingerprint density at radius 1 is 1.44 bits per heavy atom. The maximum atomic E-state index is 12.0. The summed E-state index contributed by atoms with van der Waals surface area (Å²) >= 11 is 1.93. The van der Waals surface area contributed by atoms with Gasteiger partial charge in [0.2, 0.25) is 0 Å². The van der Waals surface area contributed by atoms with Crippen LogP contribution < -0.4 is 10.6 Å². The lowest BCUT2D eigenvalue weighted by atomic mass is 10.1. The van der Waals surface area contributed by atoms with Gasteiger partial charge in [-0.2, -0.15) is 11.8 Å². The molecule has 2 saturated heterocycles. The summed E-state index contributed by atoms with van der Waals surface area (Å²) in [5, 5.41) is 6.15. The van der Waals surface area contributed by atoms with Crippen LogP contribution in [0.4, 0.5) is 4.79 Å². The second kappa shape index (κ2) is 7.24. The van der Waals surface area contributed by atoms with Crippen LogP contribution in [0, 0.1) is 0 Å². The van der Waals surface area contributed by atoms with Gasteiger partial charge in [0.15, 0.2) is 0 Å². The molecule has 5 heteroatoms. The van der Waals surface area contributed by atoms with Crippen molar-refractivity contribution in [2.75, 3.05) is 18.1 Å². The summed E-state index contributed by atoms with van der Waals surface area (Å²) in [5.41, 5.74) is 0. The van der Waals surface area contributed by atoms with Gasteiger partial charge in [-0.1, -0.05) is 6.92 Å². The standard InChI is InChI=1S/C13H24N2O2S/c1-2-11(12-6-3-7-17-12)15-13(16)14-10-5-4-8-18-9-10/h10-12H,2-9H2,1H3,(H2,14,15,16)/t10-,11-,12-/m0/s1. The molecule has 0 aliphatic carbocycles. The molecule has 2 heterocycles. The van der Waals surface area contributed by atoms with Gasteiger partial charge < -0.3 is 15.4 Å². The van der Waals surface area contributed by atoms with Gasteiger partial charge in [-0.15, -0.1) is 0 Å². The van der Waals surface area contributed by atoms with Gasteiger partial charge in [0.25, 0.3) is 0 Å². The summed E-state index contributed by atoms with van der Waals surface area (Å²) in [5.74, 6) is 2.28. The van der Waals surface area contributed by atoms with Gasteiger partial charge in [0.05, 0.1) is 12.1 Å². The Morgan fingerprint density at radius 2 is 2.33 bits per heavy atom. The third kappa shape index (κ3) is 4.05. The second-order valence-corrected chi connectivity index (χ2v) is 6.25. The van der Waals surface area contributed by atoms with Gasteiger partial charge in [-0.25, -0.2) is 4.79 Å². The molecule has 0 aromatic rings. The fourth-order valence-corrected chi connectivity index (χ4v) is 3.70. The summed E-state index contributed by atoms with van der Waals surface area (Å²) < 4.78 is 5.65. The number of urea groups is 1. The molecule has 0 bridgehead atoms. The Kier molecular flexibility index (Phi) is 5.63. The highest BCUT2D eigenvalue weighted by Gasteiger charge is 2.26. The fourth-order valence-electron chi connectivity index (χ4n) is 2.63. The van der Waals surface area contributed by atoms with Gasteiger partial charge in [-0.3, -0.25) is 0 Å². The minimum atomic E-state index is -0.0233. The predicted octanol–water partition coefficient (Wildman–Crippen LogP) is 2.14. The summed E-state index contributed by atoms with van der Waals surface area (Å²) in [7, 11) is 0. The molecule has 0 aromatic carbocycles. The van der Waals surface area contributed by atoms with E-state index in [1.54, 1.807) is 0 Å². The average Bonchev–Trinajstić information content (AvgIpc) is 2.91. The third-order valence-electron chi connectivity index (χ3n) is 3.67. The molecule has 2 aliphatic heterocycles. The van der Waals surface area contributed by atoms with Crippen LogP contribution in [0.5, 0.6) is 0 Å². The Labute approximate surface area is 114 Å². The number of hydrogen-bond acceptors (Lipinski definition) is 3. The van der Waals surface area contributed by atoms with E-state index in [9.17, 15) is 4.79 Å². The topological polar surface area (TPSA) is 50.4 Å². The smallest absolute Gasteiger partial charge is 0.315 e. The van der Waals surface area contributed by atoms with Crippen LogP contribution in [0.15, 0.2) is 0 Å². The van der Waals surface area contributed by atoms with E-state index in [-0.39, 0.29) is 18.2 Å². The SMILES string of the molecule is CC[C@H](NC(=O)N[C@H]1CCCSC1)[C@@H]1CCCO1. The molecule has 4 nitrogen and oxygen atoms in total. The van der Waals surface area contributed by atoms with Crippen molar-refractivity contribution in [3.05, 3.63) is 0 Å². The van der Waals surface area contributed by atoms with Crippen LogP contribution in [0.1, 0.15) is 39.0 Å². The summed E-state index contributed by atoms with van der Waals surface area (Å²) in [4.78, 5) is 12.0. The predicted molar refractivity (Wildman–Crippen MR) is 75.1 cm³/mol. The van der Waals surface area contributed by atoms with Crippen LogP contribution >= 0.6 is 11.8 Å². The zero-order valence-corrected chi connectivity index (χ0v) is 11.9. The van der Waals surface area contributed by atoms with Crippen LogP contribution in [0.25, 0.3) is 0 Å². The van der Waals surface area contributed by atoms with E-state index in [2.05, 4.69) is 17.6 Å². The molecule has 2 amide bonds. The Hall–Kier alpha value is -0.420. The highest BCUT2D eigenvalue weighted by Crippen LogP contribution is 2.18. The van der Waals surface area contributed by atoms with E-state index >= 15 is 0 Å². The molecule has 0 aromatic heterocycles. The van der Waals surface area contributed by atoms with Gasteiger partial charge >= 0.3 is 6.03 Å². The van der Waals surface area contributed by atoms with Crippen LogP contribution in [0.3, 0.4) is 0 Å². The number of nitrogens with one attached hydrogen (secondary N) is 2. The Morgan fingerprint density at radius 3 is 2.94 bits per heavy atom. The van der Waals surface area contributed by atoms with Gasteiger partial charge in [-0.05, 0) is 37.9 Å². The van der Waals surface area contributed by atoms with Crippen molar-refractivity contribution in [1.82, 2.24) is 10.6 Å². The van der Waals surface area contributed by atoms with Crippen molar-refractivity contribution < 1.29 is 9.53 Å². The van der Waals surface area contributed by atoms with E-state index in [0.29, 0.717) is 6.04 Å². The Bertz CT molecular complexity index is 264. The first-order valence-corrected chi connectivity index (χ1v) is 8.21. The fraction of sp³-hybridized carbons (Fsp3) is 0.923. The van der Waals surface area contributed by atoms with Crippen molar-refractivity contribution in [3.8, 4) is 0 Å². The van der Waals surface area contributed by atoms with Crippen molar-refractivity contribution in [2.24, 2.45) is 0 Å². The Balaban J connectivity index is 1.73. The molecule has 104 valence electrons. The molecule has 18 heavy (non-hydrogen) atoms. The zero-order chi connectivity index (χ0) is 12.8. The molecule has 0 spiro atoms. The molecule has 0 saturated carbocycles. The third-order valence-corrected chi connectivity index (χ3v) is 4.88. The minimum Gasteiger partial charge on any atom is -0.376 e. The lowest BCUT2D eigenvalue weighted by Crippen LogP contribution is -2.50. The number of carbonyl (C=O) groups is 1. The zero-order valence-electron chi connectivity index (χ0n) is 11.1. The highest BCUT2D eigenvalue weighted by atomic mass is 32.2. The molecule has 0 unspecified atom stereocenters. The van der Waals surface area contributed by atoms with Crippen LogP contribution in [0.2, 0.25) is 0 Å². The van der Waals surface area contributed by atoms with E-state index in [1.807, 2.05) is 11.8 Å². The molecular weight excluding hydrogens is 248 g/mol. The minimum absolute atomic E-state index is 0.0233. The van der Waals surface area contributed by atoms with E-state index in [1.165, 1.54) is 12.2 Å². The van der Waals surface area contributed by atoms with Crippen LogP contribution in [-0.2, 0) is 4.74 Å². The number of ether oxygens (including phenoxy) is 1. The van der Waals surface area contributed by atoms with Gasteiger partial charge in [0, 0.05) is 18.4 Å². The highest BCUT2D eigenvalue weighted by molar-refractivity contribution is 7.99. The van der Waals surface area contributed by atoms with Crippen molar-refractivity contribution >= 4 is 17.8 Å². The van der Waals surface area contributed by atoms with E-state index in [4.69, 9.17) is 4.74 Å². The first-order chi connectivity index (χ1) is 8.79. The quantitative estimate of drug-likeness (QED) is 0.824. The first kappa shape index (κ1) is 14.0. The first-order valence-electron chi connectivity index (χ1n) is 7.06. The van der Waals surface area contributed by atoms with E-state index < -0.39 is 0 Å². The summed E-state index contributed by atoms with van der Waals surface area (Å²) in [6.45, 7) is 2.94. The summed E-state index contributed by atoms with van der Waals surface area (Å²) in [6, 6.07) is 0.472. The molecule has 2 N–H and O–H groups in total. The number of amides is 2. The molecule has 3 atom stereocenters. The molecule has 2 rings (SSSR count). The van der Waals surface area contributed by atoms with E-state index in [0.717, 1.165) is 38.0 Å². The van der Waals surface area contributed by atoms with Crippen molar-refractivity contribution in [1.29, 1.82) is 0 Å². The number of hydrogen-bond donors (Lipinski definition) is 2. The average molecular weight is 272 g/mol. The normalized spacial score (nSPS) is 29.8. The van der Waals surface area contributed by atoms with Crippen LogP contribution in [-0.4, -0.2) is 42.3 Å². The monoisotopic (exact) mass is 272 g/mol. The maximum Gasteiger partial charge on any atom is 0.315 e. The lowest BCUT2D eigenvalue weighted by Gasteiger charge is -2.26. The van der Waals surface area contributed by atoms with Gasteiger partial charge in [0.1, 0.15) is 0 Å². The number of thioether (sulfide) groups is 1. The molecule has 2 fully saturated rings. The second-order valence-electron chi connectivity index (χ2n) is 5.10. The molecule has 0 radical (unpaired) electrons. The molecule has 2 aliphatic rings. The number of carbonyl (C=O) groups excluding carboxylic acids is 1. The summed E-state index contributed by atoms with van der Waals surface area (Å²) in [6.07, 6.45) is 5.64. The van der Waals surface area contributed by atoms with Crippen molar-refractivity contribution in [2.45, 2.75) is 57.2 Å².